The van der Waals surface area contributed by atoms with E-state index in [2.05, 4.69) is 15.6 Å². The molecule has 2 aromatic heterocycles. The molecule has 0 bridgehead atoms. The molecule has 4 heterocycles. The number of hydrogen-bond donors (Lipinski definition) is 2. The zero-order valence-corrected chi connectivity index (χ0v) is 24.1. The third kappa shape index (κ3) is 5.45. The molecule has 1 atom stereocenters. The molecule has 0 aliphatic carbocycles. The Hall–Kier alpha value is -4.33. The van der Waals surface area contributed by atoms with Gasteiger partial charge in [0.1, 0.15) is 21.2 Å². The fourth-order valence-electron chi connectivity index (χ4n) is 5.07. The highest BCUT2D eigenvalue weighted by molar-refractivity contribution is 7.79. The number of nitrogens with one attached hydrogen (secondary N) is 2. The highest BCUT2D eigenvalue weighted by atomic mass is 32.2. The second-order valence-electron chi connectivity index (χ2n) is 10.0. The van der Waals surface area contributed by atoms with E-state index >= 15 is 0 Å². The van der Waals surface area contributed by atoms with Crippen LogP contribution in [0.5, 0.6) is 11.5 Å². The highest BCUT2D eigenvalue weighted by Gasteiger charge is 2.36. The Morgan fingerprint density at radius 1 is 1.14 bits per heavy atom. The van der Waals surface area contributed by atoms with Gasteiger partial charge in [0.2, 0.25) is 5.91 Å². The number of carbonyl (C=O) groups is 3. The number of para-hydroxylation sites is 1. The summed E-state index contributed by atoms with van der Waals surface area (Å²) in [4.78, 5) is 47.6. The van der Waals surface area contributed by atoms with Crippen LogP contribution in [-0.2, 0) is 15.9 Å². The van der Waals surface area contributed by atoms with Crippen LogP contribution in [0.25, 0.3) is 10.2 Å². The average molecular weight is 605 g/mol. The number of aryl methyl sites for hydroxylation is 1. The van der Waals surface area contributed by atoms with Crippen molar-refractivity contribution >= 4 is 67.5 Å². The number of thiophene rings is 1. The molecule has 13 heteroatoms. The number of pyridine rings is 1. The van der Waals surface area contributed by atoms with Gasteiger partial charge in [-0.1, -0.05) is 29.3 Å². The van der Waals surface area contributed by atoms with Crippen LogP contribution in [-0.4, -0.2) is 61.4 Å². The Morgan fingerprint density at radius 2 is 1.93 bits per heavy atom. The van der Waals surface area contributed by atoms with E-state index in [0.29, 0.717) is 56.7 Å². The maximum atomic E-state index is 13.5. The lowest BCUT2D eigenvalue weighted by Crippen LogP contribution is -2.60. The number of nitrogens with zero attached hydrogens (tertiary/aromatic N) is 3. The molecule has 4 aromatic rings. The van der Waals surface area contributed by atoms with Crippen LogP contribution in [0.15, 0.2) is 60.8 Å². The molecule has 216 valence electrons. The van der Waals surface area contributed by atoms with Gasteiger partial charge >= 0.3 is 6.03 Å². The Balaban J connectivity index is 1.19. The van der Waals surface area contributed by atoms with Gasteiger partial charge in [-0.25, -0.2) is 9.78 Å². The molecular weight excluding hydrogens is 578 g/mol. The Labute approximate surface area is 247 Å². The van der Waals surface area contributed by atoms with Crippen molar-refractivity contribution in [2.75, 3.05) is 29.1 Å². The van der Waals surface area contributed by atoms with Crippen molar-refractivity contribution in [3.05, 3.63) is 71.2 Å². The first-order chi connectivity index (χ1) is 20.3. The molecule has 2 N–H and O–H groups in total. The average Bonchev–Trinajstić information content (AvgIpc) is 3.31. The topological polar surface area (TPSA) is 144 Å². The van der Waals surface area contributed by atoms with Crippen LogP contribution >= 0.6 is 11.3 Å². The number of benzene rings is 2. The highest BCUT2D eigenvalue weighted by Crippen LogP contribution is 2.46. The van der Waals surface area contributed by atoms with E-state index in [1.165, 1.54) is 11.3 Å². The van der Waals surface area contributed by atoms with Gasteiger partial charge in [-0.3, -0.25) is 18.7 Å². The van der Waals surface area contributed by atoms with Crippen LogP contribution in [0.3, 0.4) is 0 Å². The van der Waals surface area contributed by atoms with E-state index in [-0.39, 0.29) is 36.5 Å². The zero-order chi connectivity index (χ0) is 29.4. The monoisotopic (exact) mass is 604 g/mol. The number of anilines is 3. The summed E-state index contributed by atoms with van der Waals surface area (Å²) in [5.41, 5.74) is 2.53. The predicted octanol–water partition coefficient (Wildman–Crippen LogP) is 4.68. The Morgan fingerprint density at radius 3 is 2.67 bits per heavy atom. The van der Waals surface area contributed by atoms with Gasteiger partial charge in [0.05, 0.1) is 28.5 Å². The van der Waals surface area contributed by atoms with Crippen molar-refractivity contribution in [3.8, 4) is 11.5 Å². The molecule has 11 nitrogen and oxygen atoms in total. The maximum absolute atomic E-state index is 13.5. The van der Waals surface area contributed by atoms with E-state index in [4.69, 9.17) is 4.74 Å². The van der Waals surface area contributed by atoms with Crippen LogP contribution in [0.2, 0.25) is 0 Å². The lowest BCUT2D eigenvalue weighted by Gasteiger charge is -2.39. The summed E-state index contributed by atoms with van der Waals surface area (Å²) in [6.07, 6.45) is 2.03. The number of hydrogen-bond acceptors (Lipinski definition) is 8. The van der Waals surface area contributed by atoms with Gasteiger partial charge in [-0.2, -0.15) is 0 Å². The molecule has 2 aliphatic rings. The van der Waals surface area contributed by atoms with E-state index in [1.807, 2.05) is 49.4 Å². The van der Waals surface area contributed by atoms with Gasteiger partial charge in [-0.05, 0) is 55.3 Å². The fourth-order valence-corrected chi connectivity index (χ4v) is 6.48. The fraction of sp³-hybridized carbons (Fsp3) is 0.241. The van der Waals surface area contributed by atoms with E-state index in [9.17, 15) is 23.1 Å². The van der Waals surface area contributed by atoms with Gasteiger partial charge in [0.25, 0.3) is 5.91 Å². The number of amides is 4. The quantitative estimate of drug-likeness (QED) is 0.264. The first kappa shape index (κ1) is 27.8. The summed E-state index contributed by atoms with van der Waals surface area (Å²) < 4.78 is 27.3. The second-order valence-corrected chi connectivity index (χ2v) is 12.0. The van der Waals surface area contributed by atoms with Gasteiger partial charge in [0.15, 0.2) is 0 Å². The number of aromatic nitrogens is 1. The summed E-state index contributed by atoms with van der Waals surface area (Å²) in [6.45, 7) is 2.59. The summed E-state index contributed by atoms with van der Waals surface area (Å²) in [7, 11) is 0. The predicted molar refractivity (Wildman–Crippen MR) is 159 cm³/mol. The Kier molecular flexibility index (Phi) is 7.62. The van der Waals surface area contributed by atoms with Crippen molar-refractivity contribution < 1.29 is 27.9 Å². The standard InChI is InChI=1S/C29H27N5O6S2/c1-17-14-20(40-19-6-3-2-4-7-19)9-10-21(17)34-22-11-12-30-28-24(22)25(32-29(34)37)26(41-28)27(36)31-18-15-33(16-18)23(35)8-5-13-42(38)39/h2-4,6-7,9-12,14,18H,5,8,13,15-16H2,1H3,(H,31,36)(H,32,37)(H,38,39)/p-1. The van der Waals surface area contributed by atoms with Crippen LogP contribution in [0.4, 0.5) is 21.9 Å². The molecule has 1 saturated heterocycles. The van der Waals surface area contributed by atoms with Crippen LogP contribution in [0.1, 0.15) is 28.1 Å². The van der Waals surface area contributed by atoms with Crippen LogP contribution in [0, 0.1) is 6.92 Å². The molecule has 0 radical (unpaired) electrons. The zero-order valence-electron chi connectivity index (χ0n) is 22.5. The van der Waals surface area contributed by atoms with Gasteiger partial charge < -0.3 is 24.8 Å². The molecule has 4 amide bonds. The van der Waals surface area contributed by atoms with Crippen molar-refractivity contribution in [1.29, 1.82) is 0 Å². The minimum Gasteiger partial charge on any atom is -0.772 e. The third-order valence-corrected chi connectivity index (χ3v) is 8.83. The van der Waals surface area contributed by atoms with Crippen molar-refractivity contribution in [3.63, 3.8) is 0 Å². The number of rotatable bonds is 9. The second kappa shape index (κ2) is 11.5. The molecular formula is C29H26N5O6S2-. The van der Waals surface area contributed by atoms with Crippen molar-refractivity contribution in [1.82, 2.24) is 15.2 Å². The maximum Gasteiger partial charge on any atom is 0.331 e. The number of urea groups is 1. The van der Waals surface area contributed by atoms with Crippen molar-refractivity contribution in [2.24, 2.45) is 0 Å². The molecule has 42 heavy (non-hydrogen) atoms. The van der Waals surface area contributed by atoms with Crippen molar-refractivity contribution in [2.45, 2.75) is 25.8 Å². The SMILES string of the molecule is Cc1cc(Oc2ccccc2)ccc1N1C(=O)Nc2c(C(=O)NC3CN(C(=O)CCCS(=O)[O-])C3)sc3nccc1c23. The summed E-state index contributed by atoms with van der Waals surface area (Å²) in [5, 5.41) is 6.52. The molecule has 0 spiro atoms. The van der Waals surface area contributed by atoms with Crippen LogP contribution < -0.4 is 20.3 Å². The number of likely N-dealkylation sites (tertiary alicyclic amines) is 1. The first-order valence-corrected chi connectivity index (χ1v) is 15.3. The summed E-state index contributed by atoms with van der Waals surface area (Å²) in [5.74, 6) is 0.802. The van der Waals surface area contributed by atoms with Gasteiger partial charge in [-0.15, -0.1) is 11.3 Å². The molecule has 1 unspecified atom stereocenters. The molecule has 1 fully saturated rings. The smallest absolute Gasteiger partial charge is 0.331 e. The number of ether oxygens (including phenoxy) is 1. The van der Waals surface area contributed by atoms with E-state index < -0.39 is 17.1 Å². The molecule has 2 aliphatic heterocycles. The summed E-state index contributed by atoms with van der Waals surface area (Å²) in [6, 6.07) is 16.0. The largest absolute Gasteiger partial charge is 0.772 e. The van der Waals surface area contributed by atoms with Gasteiger partial charge in [0, 0.05) is 31.5 Å². The molecule has 2 aromatic carbocycles. The Bertz CT molecular complexity index is 1720. The number of carbonyl (C=O) groups excluding carboxylic acids is 3. The summed E-state index contributed by atoms with van der Waals surface area (Å²) >= 11 is -0.975. The molecule has 0 saturated carbocycles. The lowest BCUT2D eigenvalue weighted by molar-refractivity contribution is -0.135. The van der Waals surface area contributed by atoms with E-state index in [0.717, 1.165) is 5.56 Å². The first-order valence-electron chi connectivity index (χ1n) is 13.3. The third-order valence-electron chi connectivity index (χ3n) is 7.11. The minimum atomic E-state index is -2.17. The normalized spacial score (nSPS) is 15.2. The van der Waals surface area contributed by atoms with E-state index in [1.54, 1.807) is 28.1 Å². The lowest BCUT2D eigenvalue weighted by atomic mass is 10.1. The minimum absolute atomic E-state index is 0.0544. The molecule has 6 rings (SSSR count).